The van der Waals surface area contributed by atoms with Crippen molar-refractivity contribution in [3.8, 4) is 0 Å². The molecule has 7 heteroatoms. The van der Waals surface area contributed by atoms with E-state index in [2.05, 4.69) is 31.1 Å². The fourth-order valence-corrected chi connectivity index (χ4v) is 4.06. The molecule has 26 heavy (non-hydrogen) atoms. The van der Waals surface area contributed by atoms with Crippen molar-refractivity contribution in [2.45, 2.75) is 62.9 Å². The molecule has 2 aliphatic carbocycles. The molecule has 2 aromatic rings. The minimum absolute atomic E-state index is 0.153. The number of hydrogen-bond acceptors (Lipinski definition) is 7. The van der Waals surface area contributed by atoms with Crippen LogP contribution in [0.5, 0.6) is 0 Å². The van der Waals surface area contributed by atoms with Gasteiger partial charge in [0, 0.05) is 43.1 Å². The van der Waals surface area contributed by atoms with Crippen molar-refractivity contribution in [3.63, 3.8) is 0 Å². The molecule has 2 aromatic heterocycles. The summed E-state index contributed by atoms with van der Waals surface area (Å²) in [6.07, 6.45) is 8.71. The van der Waals surface area contributed by atoms with Crippen LogP contribution in [0.2, 0.25) is 0 Å². The van der Waals surface area contributed by atoms with E-state index in [1.165, 1.54) is 12.8 Å². The molecule has 1 aliphatic heterocycles. The third kappa shape index (κ3) is 3.32. The van der Waals surface area contributed by atoms with Gasteiger partial charge in [-0.2, -0.15) is 4.98 Å². The Labute approximate surface area is 152 Å². The van der Waals surface area contributed by atoms with Crippen LogP contribution in [0, 0.1) is 5.92 Å². The van der Waals surface area contributed by atoms with E-state index < -0.39 is 0 Å². The zero-order valence-electron chi connectivity index (χ0n) is 14.9. The number of anilines is 1. The summed E-state index contributed by atoms with van der Waals surface area (Å²) in [5, 5.41) is 13.7. The molecule has 0 amide bonds. The van der Waals surface area contributed by atoms with Crippen molar-refractivity contribution < 1.29 is 9.63 Å². The number of piperidine rings is 1. The molecule has 138 valence electrons. The molecule has 1 N–H and O–H groups in total. The van der Waals surface area contributed by atoms with Crippen molar-refractivity contribution in [2.24, 2.45) is 5.92 Å². The number of aromatic nitrogens is 4. The Bertz CT molecular complexity index is 761. The summed E-state index contributed by atoms with van der Waals surface area (Å²) >= 11 is 0. The van der Waals surface area contributed by atoms with Crippen LogP contribution in [0.1, 0.15) is 67.8 Å². The number of hydrogen-bond donors (Lipinski definition) is 1. The molecule has 3 fully saturated rings. The second-order valence-electron chi connectivity index (χ2n) is 8.08. The first-order chi connectivity index (χ1) is 12.7. The maximum absolute atomic E-state index is 9.51. The van der Waals surface area contributed by atoms with Crippen LogP contribution < -0.4 is 4.90 Å². The topological polar surface area (TPSA) is 88.2 Å². The Balaban J connectivity index is 1.17. The summed E-state index contributed by atoms with van der Waals surface area (Å²) < 4.78 is 5.37. The van der Waals surface area contributed by atoms with Gasteiger partial charge in [0.15, 0.2) is 5.82 Å². The Morgan fingerprint density at radius 1 is 1.08 bits per heavy atom. The summed E-state index contributed by atoms with van der Waals surface area (Å²) in [6, 6.07) is 2.11. The Morgan fingerprint density at radius 2 is 1.88 bits per heavy atom. The lowest BCUT2D eigenvalue weighted by Crippen LogP contribution is -2.35. The standard InChI is InChI=1S/C19H25N5O2/c25-15-8-14(9-15)16-10-18(21-11-20-16)24-5-3-12(4-6-24)7-17-22-19(26-23-17)13-1-2-13/h10-15,25H,1-9H2. The van der Waals surface area contributed by atoms with Gasteiger partial charge in [0.25, 0.3) is 0 Å². The van der Waals surface area contributed by atoms with E-state index in [-0.39, 0.29) is 6.10 Å². The van der Waals surface area contributed by atoms with E-state index in [1.807, 2.05) is 0 Å². The third-order valence-corrected chi connectivity index (χ3v) is 6.03. The average Bonchev–Trinajstić information content (AvgIpc) is 3.39. The number of aliphatic hydroxyl groups excluding tert-OH is 1. The monoisotopic (exact) mass is 355 g/mol. The molecule has 1 saturated heterocycles. The number of rotatable bonds is 5. The minimum atomic E-state index is -0.153. The van der Waals surface area contributed by atoms with Crippen LogP contribution in [0.3, 0.4) is 0 Å². The number of aliphatic hydroxyl groups is 1. The first kappa shape index (κ1) is 16.2. The Morgan fingerprint density at radius 3 is 2.62 bits per heavy atom. The molecule has 0 aromatic carbocycles. The van der Waals surface area contributed by atoms with Crippen molar-refractivity contribution >= 4 is 5.82 Å². The van der Waals surface area contributed by atoms with Crippen LogP contribution in [-0.2, 0) is 6.42 Å². The molecular formula is C19H25N5O2. The van der Waals surface area contributed by atoms with Gasteiger partial charge in [0.05, 0.1) is 6.10 Å². The smallest absolute Gasteiger partial charge is 0.229 e. The SMILES string of the molecule is OC1CC(c2cc(N3CCC(Cc4noc(C5CC5)n4)CC3)ncn2)C1. The molecule has 0 unspecified atom stereocenters. The van der Waals surface area contributed by atoms with E-state index in [4.69, 9.17) is 4.52 Å². The quantitative estimate of drug-likeness (QED) is 0.881. The third-order valence-electron chi connectivity index (χ3n) is 6.03. The maximum atomic E-state index is 9.51. The fourth-order valence-electron chi connectivity index (χ4n) is 4.06. The largest absolute Gasteiger partial charge is 0.393 e. The minimum Gasteiger partial charge on any atom is -0.393 e. The molecule has 0 radical (unpaired) electrons. The van der Waals surface area contributed by atoms with Gasteiger partial charge in [0.1, 0.15) is 12.1 Å². The molecule has 0 atom stereocenters. The van der Waals surface area contributed by atoms with Crippen molar-refractivity contribution in [3.05, 3.63) is 29.8 Å². The van der Waals surface area contributed by atoms with Gasteiger partial charge < -0.3 is 14.5 Å². The van der Waals surface area contributed by atoms with Crippen LogP contribution in [0.25, 0.3) is 0 Å². The second-order valence-corrected chi connectivity index (χ2v) is 8.08. The summed E-state index contributed by atoms with van der Waals surface area (Å²) in [7, 11) is 0. The molecular weight excluding hydrogens is 330 g/mol. The van der Waals surface area contributed by atoms with E-state index >= 15 is 0 Å². The highest BCUT2D eigenvalue weighted by Crippen LogP contribution is 2.39. The van der Waals surface area contributed by atoms with Crippen LogP contribution in [-0.4, -0.2) is 44.4 Å². The summed E-state index contributed by atoms with van der Waals surface area (Å²) in [5.74, 6) is 4.26. The summed E-state index contributed by atoms with van der Waals surface area (Å²) in [5.41, 5.74) is 1.07. The summed E-state index contributed by atoms with van der Waals surface area (Å²) in [4.78, 5) is 15.8. The first-order valence-electron chi connectivity index (χ1n) is 9.82. The lowest BCUT2D eigenvalue weighted by molar-refractivity contribution is 0.0732. The van der Waals surface area contributed by atoms with Gasteiger partial charge in [-0.3, -0.25) is 0 Å². The molecule has 7 nitrogen and oxygen atoms in total. The van der Waals surface area contributed by atoms with Crippen molar-refractivity contribution in [2.75, 3.05) is 18.0 Å². The summed E-state index contributed by atoms with van der Waals surface area (Å²) in [6.45, 7) is 2.00. The average molecular weight is 355 g/mol. The van der Waals surface area contributed by atoms with Crippen LogP contribution >= 0.6 is 0 Å². The van der Waals surface area contributed by atoms with E-state index in [0.717, 1.165) is 68.4 Å². The van der Waals surface area contributed by atoms with Crippen molar-refractivity contribution in [1.29, 1.82) is 0 Å². The number of nitrogens with zero attached hydrogens (tertiary/aromatic N) is 5. The molecule has 2 saturated carbocycles. The molecule has 0 spiro atoms. The lowest BCUT2D eigenvalue weighted by atomic mass is 9.80. The van der Waals surface area contributed by atoms with Gasteiger partial charge in [-0.05, 0) is 44.4 Å². The van der Waals surface area contributed by atoms with Crippen molar-refractivity contribution in [1.82, 2.24) is 20.1 Å². The molecule has 3 heterocycles. The predicted molar refractivity (Wildman–Crippen MR) is 94.9 cm³/mol. The first-order valence-corrected chi connectivity index (χ1v) is 9.82. The molecule has 0 bridgehead atoms. The fraction of sp³-hybridized carbons (Fsp3) is 0.684. The highest BCUT2D eigenvalue weighted by Gasteiger charge is 2.31. The van der Waals surface area contributed by atoms with Gasteiger partial charge in [0.2, 0.25) is 5.89 Å². The Hall–Kier alpha value is -2.02. The zero-order chi connectivity index (χ0) is 17.5. The highest BCUT2D eigenvalue weighted by molar-refractivity contribution is 5.40. The van der Waals surface area contributed by atoms with Crippen LogP contribution in [0.4, 0.5) is 5.82 Å². The highest BCUT2D eigenvalue weighted by atomic mass is 16.5. The maximum Gasteiger partial charge on any atom is 0.229 e. The van der Waals surface area contributed by atoms with Gasteiger partial charge in [-0.25, -0.2) is 9.97 Å². The Kier molecular flexibility index (Phi) is 4.11. The predicted octanol–water partition coefficient (Wildman–Crippen LogP) is 2.43. The molecule has 5 rings (SSSR count). The molecule has 3 aliphatic rings. The van der Waals surface area contributed by atoms with Crippen LogP contribution in [0.15, 0.2) is 16.9 Å². The lowest BCUT2D eigenvalue weighted by Gasteiger charge is -2.34. The van der Waals surface area contributed by atoms with E-state index in [0.29, 0.717) is 17.8 Å². The zero-order valence-corrected chi connectivity index (χ0v) is 14.9. The normalized spacial score (nSPS) is 26.7. The van der Waals surface area contributed by atoms with Gasteiger partial charge in [-0.1, -0.05) is 5.16 Å². The van der Waals surface area contributed by atoms with E-state index in [9.17, 15) is 5.11 Å². The van der Waals surface area contributed by atoms with Gasteiger partial charge >= 0.3 is 0 Å². The van der Waals surface area contributed by atoms with E-state index in [1.54, 1.807) is 6.33 Å². The van der Waals surface area contributed by atoms with Gasteiger partial charge in [-0.15, -0.1) is 0 Å². The second kappa shape index (κ2) is 6.61.